The number of carbonyl (C=O) groups excluding carboxylic acids is 1. The van der Waals surface area contributed by atoms with Gasteiger partial charge in [-0.15, -0.1) is 0 Å². The maximum absolute atomic E-state index is 12.2. The molecule has 4 nitrogen and oxygen atoms in total. The highest BCUT2D eigenvalue weighted by Gasteiger charge is 2.21. The number of hydrogen-bond donors (Lipinski definition) is 2. The van der Waals surface area contributed by atoms with Crippen LogP contribution in [0.5, 0.6) is 0 Å². The molecule has 0 aliphatic carbocycles. The van der Waals surface area contributed by atoms with Gasteiger partial charge in [-0.3, -0.25) is 4.79 Å². The van der Waals surface area contributed by atoms with Crippen LogP contribution < -0.4 is 10.6 Å². The van der Waals surface area contributed by atoms with E-state index in [9.17, 15) is 4.79 Å². The molecule has 110 valence electrons. The van der Waals surface area contributed by atoms with Crippen molar-refractivity contribution in [2.24, 2.45) is 5.92 Å². The summed E-state index contributed by atoms with van der Waals surface area (Å²) >= 11 is 0. The minimum Gasteiger partial charge on any atom is -0.378 e. The van der Waals surface area contributed by atoms with Gasteiger partial charge in [0.1, 0.15) is 0 Å². The van der Waals surface area contributed by atoms with Gasteiger partial charge in [0.2, 0.25) is 5.91 Å². The molecule has 1 heterocycles. The Bertz CT molecular complexity index is 414. The second-order valence-electron chi connectivity index (χ2n) is 5.63. The number of rotatable bonds is 5. The number of hydrogen-bond acceptors (Lipinski definition) is 3. The Morgan fingerprint density at radius 3 is 2.75 bits per heavy atom. The summed E-state index contributed by atoms with van der Waals surface area (Å²) in [6, 6.07) is 10.3. The van der Waals surface area contributed by atoms with Crippen molar-refractivity contribution in [1.29, 1.82) is 0 Å². The van der Waals surface area contributed by atoms with E-state index in [1.54, 1.807) is 0 Å². The predicted octanol–water partition coefficient (Wildman–Crippen LogP) is 1.88. The molecular formula is C16H24N2O2. The van der Waals surface area contributed by atoms with E-state index in [1.807, 2.05) is 18.2 Å². The van der Waals surface area contributed by atoms with Crippen LogP contribution in [0.15, 0.2) is 30.3 Å². The second kappa shape index (κ2) is 7.41. The van der Waals surface area contributed by atoms with Gasteiger partial charge < -0.3 is 15.4 Å². The SMILES string of the molecule is CC(C)C(NC(=O)CC1COCCN1)c1ccccc1. The third-order valence-electron chi connectivity index (χ3n) is 3.57. The molecule has 0 bridgehead atoms. The lowest BCUT2D eigenvalue weighted by Gasteiger charge is -2.26. The van der Waals surface area contributed by atoms with E-state index in [-0.39, 0.29) is 18.0 Å². The summed E-state index contributed by atoms with van der Waals surface area (Å²) in [5, 5.41) is 6.45. The van der Waals surface area contributed by atoms with Crippen LogP contribution in [0.1, 0.15) is 31.9 Å². The van der Waals surface area contributed by atoms with Gasteiger partial charge in [0.15, 0.2) is 0 Å². The fraction of sp³-hybridized carbons (Fsp3) is 0.562. The van der Waals surface area contributed by atoms with E-state index in [4.69, 9.17) is 4.74 Å². The number of nitrogens with one attached hydrogen (secondary N) is 2. The maximum atomic E-state index is 12.2. The van der Waals surface area contributed by atoms with Crippen LogP contribution in [-0.4, -0.2) is 31.7 Å². The molecule has 1 saturated heterocycles. The average molecular weight is 276 g/mol. The van der Waals surface area contributed by atoms with Gasteiger partial charge in [-0.25, -0.2) is 0 Å². The van der Waals surface area contributed by atoms with Crippen molar-refractivity contribution in [2.75, 3.05) is 19.8 Å². The molecule has 0 aromatic heterocycles. The minimum atomic E-state index is 0.0632. The lowest BCUT2D eigenvalue weighted by atomic mass is 9.95. The van der Waals surface area contributed by atoms with Gasteiger partial charge in [0.05, 0.1) is 19.3 Å². The lowest BCUT2D eigenvalue weighted by Crippen LogP contribution is -2.45. The first-order valence-electron chi connectivity index (χ1n) is 7.32. The summed E-state index contributed by atoms with van der Waals surface area (Å²) in [5.41, 5.74) is 1.16. The normalized spacial score (nSPS) is 20.6. The van der Waals surface area contributed by atoms with Gasteiger partial charge in [0, 0.05) is 19.0 Å². The predicted molar refractivity (Wildman–Crippen MR) is 79.4 cm³/mol. The molecule has 2 rings (SSSR count). The molecule has 1 fully saturated rings. The van der Waals surface area contributed by atoms with Crippen molar-refractivity contribution < 1.29 is 9.53 Å². The molecular weight excluding hydrogens is 252 g/mol. The molecule has 4 heteroatoms. The van der Waals surface area contributed by atoms with Crippen molar-refractivity contribution in [2.45, 2.75) is 32.4 Å². The Morgan fingerprint density at radius 1 is 1.40 bits per heavy atom. The first kappa shape index (κ1) is 15.0. The van der Waals surface area contributed by atoms with Crippen LogP contribution in [0.2, 0.25) is 0 Å². The lowest BCUT2D eigenvalue weighted by molar-refractivity contribution is -0.123. The average Bonchev–Trinajstić information content (AvgIpc) is 2.46. The van der Waals surface area contributed by atoms with Crippen LogP contribution in [0.25, 0.3) is 0 Å². The molecule has 1 aliphatic rings. The molecule has 2 N–H and O–H groups in total. The highest BCUT2D eigenvalue weighted by molar-refractivity contribution is 5.77. The number of amides is 1. The number of benzene rings is 1. The highest BCUT2D eigenvalue weighted by atomic mass is 16.5. The van der Waals surface area contributed by atoms with Crippen molar-refractivity contribution in [3.63, 3.8) is 0 Å². The Kier molecular flexibility index (Phi) is 5.56. The zero-order valence-corrected chi connectivity index (χ0v) is 12.3. The maximum Gasteiger partial charge on any atom is 0.222 e. The van der Waals surface area contributed by atoms with E-state index in [0.717, 1.165) is 18.7 Å². The van der Waals surface area contributed by atoms with Crippen molar-refractivity contribution in [3.05, 3.63) is 35.9 Å². The van der Waals surface area contributed by atoms with Crippen LogP contribution in [-0.2, 0) is 9.53 Å². The van der Waals surface area contributed by atoms with E-state index < -0.39 is 0 Å². The van der Waals surface area contributed by atoms with Gasteiger partial charge in [-0.05, 0) is 11.5 Å². The fourth-order valence-corrected chi connectivity index (χ4v) is 2.50. The van der Waals surface area contributed by atoms with Gasteiger partial charge in [0.25, 0.3) is 0 Å². The van der Waals surface area contributed by atoms with Gasteiger partial charge in [-0.2, -0.15) is 0 Å². The molecule has 0 saturated carbocycles. The Labute approximate surface area is 120 Å². The summed E-state index contributed by atoms with van der Waals surface area (Å²) in [6.45, 7) is 6.42. The van der Waals surface area contributed by atoms with E-state index >= 15 is 0 Å². The zero-order chi connectivity index (χ0) is 14.4. The quantitative estimate of drug-likeness (QED) is 0.863. The molecule has 1 aromatic rings. The topological polar surface area (TPSA) is 50.4 Å². The molecule has 2 atom stereocenters. The number of morpholine rings is 1. The molecule has 0 radical (unpaired) electrons. The fourth-order valence-electron chi connectivity index (χ4n) is 2.50. The van der Waals surface area contributed by atoms with Crippen LogP contribution in [0, 0.1) is 5.92 Å². The third kappa shape index (κ3) is 4.32. The summed E-state index contributed by atoms with van der Waals surface area (Å²) in [7, 11) is 0. The first-order valence-corrected chi connectivity index (χ1v) is 7.32. The van der Waals surface area contributed by atoms with Crippen molar-refractivity contribution in [3.8, 4) is 0 Å². The Morgan fingerprint density at radius 2 is 2.15 bits per heavy atom. The number of ether oxygens (including phenoxy) is 1. The molecule has 2 unspecified atom stereocenters. The largest absolute Gasteiger partial charge is 0.378 e. The van der Waals surface area contributed by atoms with Crippen molar-refractivity contribution in [1.82, 2.24) is 10.6 Å². The molecule has 1 amide bonds. The minimum absolute atomic E-state index is 0.0632. The van der Waals surface area contributed by atoms with Crippen LogP contribution in [0.3, 0.4) is 0 Å². The molecule has 20 heavy (non-hydrogen) atoms. The number of carbonyl (C=O) groups is 1. The standard InChI is InChI=1S/C16H24N2O2/c1-12(2)16(13-6-4-3-5-7-13)18-15(19)10-14-11-20-9-8-17-14/h3-7,12,14,16-17H,8-11H2,1-2H3,(H,18,19). The van der Waals surface area contributed by atoms with Crippen LogP contribution in [0.4, 0.5) is 0 Å². The van der Waals surface area contributed by atoms with E-state index in [2.05, 4.69) is 36.6 Å². The summed E-state index contributed by atoms with van der Waals surface area (Å²) in [5.74, 6) is 0.437. The Hall–Kier alpha value is -1.39. The second-order valence-corrected chi connectivity index (χ2v) is 5.63. The summed E-state index contributed by atoms with van der Waals surface area (Å²) in [6.07, 6.45) is 0.468. The van der Waals surface area contributed by atoms with Gasteiger partial charge >= 0.3 is 0 Å². The molecule has 0 spiro atoms. The van der Waals surface area contributed by atoms with E-state index in [1.165, 1.54) is 0 Å². The zero-order valence-electron chi connectivity index (χ0n) is 12.3. The van der Waals surface area contributed by atoms with Gasteiger partial charge in [-0.1, -0.05) is 44.2 Å². The monoisotopic (exact) mass is 276 g/mol. The molecule has 1 aromatic carbocycles. The summed E-state index contributed by atoms with van der Waals surface area (Å²) < 4.78 is 5.38. The molecule has 1 aliphatic heterocycles. The van der Waals surface area contributed by atoms with E-state index in [0.29, 0.717) is 18.9 Å². The third-order valence-corrected chi connectivity index (χ3v) is 3.57. The smallest absolute Gasteiger partial charge is 0.222 e. The first-order chi connectivity index (χ1) is 9.66. The highest BCUT2D eigenvalue weighted by Crippen LogP contribution is 2.21. The Balaban J connectivity index is 1.92. The summed E-state index contributed by atoms with van der Waals surface area (Å²) in [4.78, 5) is 12.2. The van der Waals surface area contributed by atoms with Crippen molar-refractivity contribution >= 4 is 5.91 Å². The van der Waals surface area contributed by atoms with Crippen LogP contribution >= 0.6 is 0 Å².